The van der Waals surface area contributed by atoms with E-state index in [4.69, 9.17) is 15.6 Å². The van der Waals surface area contributed by atoms with Crippen molar-refractivity contribution < 1.29 is 19.0 Å². The molecule has 0 atom stereocenters. The number of aromatic hydroxyl groups is 1. The van der Waals surface area contributed by atoms with E-state index in [0.29, 0.717) is 18.0 Å². The minimum absolute atomic E-state index is 0.162. The fraction of sp³-hybridized carbons (Fsp3) is 0.133. The van der Waals surface area contributed by atoms with Crippen molar-refractivity contribution in [1.29, 1.82) is 0 Å². The van der Waals surface area contributed by atoms with Crippen molar-refractivity contribution in [1.82, 2.24) is 0 Å². The van der Waals surface area contributed by atoms with Crippen LogP contribution in [0.1, 0.15) is 5.56 Å². The van der Waals surface area contributed by atoms with E-state index in [9.17, 15) is 9.18 Å². The lowest BCUT2D eigenvalue weighted by molar-refractivity contribution is -0.119. The highest BCUT2D eigenvalue weighted by molar-refractivity contribution is 5.75. The van der Waals surface area contributed by atoms with Gasteiger partial charge in [0.05, 0.1) is 0 Å². The summed E-state index contributed by atoms with van der Waals surface area (Å²) in [5.41, 5.74) is 6.51. The van der Waals surface area contributed by atoms with Gasteiger partial charge in [0.15, 0.2) is 18.2 Å². The molecule has 6 heteroatoms. The van der Waals surface area contributed by atoms with E-state index in [1.807, 2.05) is 12.1 Å². The third-order valence-corrected chi connectivity index (χ3v) is 2.75. The summed E-state index contributed by atoms with van der Waals surface area (Å²) in [4.78, 5) is 10.6. The average molecular weight is 290 g/mol. The molecule has 2 aromatic rings. The van der Waals surface area contributed by atoms with Crippen LogP contribution in [0.15, 0.2) is 42.5 Å². The van der Waals surface area contributed by atoms with Gasteiger partial charge in [0.25, 0.3) is 5.91 Å². The zero-order chi connectivity index (χ0) is 15.2. The van der Waals surface area contributed by atoms with E-state index in [-0.39, 0.29) is 12.4 Å². The Labute approximate surface area is 121 Å². The number of phenolic OH excluding ortho intramolecular Hbond substituents is 1. The van der Waals surface area contributed by atoms with E-state index < -0.39 is 11.7 Å². The second-order valence-corrected chi connectivity index (χ2v) is 4.42. The number of amides is 1. The summed E-state index contributed by atoms with van der Waals surface area (Å²) in [7, 11) is 0. The van der Waals surface area contributed by atoms with E-state index in [1.165, 1.54) is 12.1 Å². The van der Waals surface area contributed by atoms with Crippen LogP contribution >= 0.6 is 0 Å². The molecule has 0 radical (unpaired) electrons. The molecular weight excluding hydrogens is 275 g/mol. The Morgan fingerprint density at radius 3 is 2.57 bits per heavy atom. The van der Waals surface area contributed by atoms with Crippen LogP contribution in [0.5, 0.6) is 11.5 Å². The van der Waals surface area contributed by atoms with Crippen molar-refractivity contribution in [3.8, 4) is 11.5 Å². The molecule has 0 fully saturated rings. The number of nitrogens with one attached hydrogen (secondary N) is 1. The van der Waals surface area contributed by atoms with Gasteiger partial charge in [-0.2, -0.15) is 0 Å². The maximum absolute atomic E-state index is 13.2. The normalized spacial score (nSPS) is 10.1. The Balaban J connectivity index is 1.91. The van der Waals surface area contributed by atoms with Crippen molar-refractivity contribution in [2.24, 2.45) is 5.73 Å². The number of primary amides is 1. The van der Waals surface area contributed by atoms with E-state index in [2.05, 4.69) is 5.32 Å². The van der Waals surface area contributed by atoms with Crippen LogP contribution in [0.2, 0.25) is 0 Å². The largest absolute Gasteiger partial charge is 0.505 e. The van der Waals surface area contributed by atoms with Crippen molar-refractivity contribution in [2.75, 3.05) is 11.9 Å². The molecule has 21 heavy (non-hydrogen) atoms. The maximum Gasteiger partial charge on any atom is 0.255 e. The number of benzene rings is 2. The second kappa shape index (κ2) is 6.60. The smallest absolute Gasteiger partial charge is 0.255 e. The third-order valence-electron chi connectivity index (χ3n) is 2.75. The molecule has 0 unspecified atom stereocenters. The summed E-state index contributed by atoms with van der Waals surface area (Å²) >= 11 is 0. The lowest BCUT2D eigenvalue weighted by Gasteiger charge is -2.08. The summed E-state index contributed by atoms with van der Waals surface area (Å²) in [6, 6.07) is 11.2. The monoisotopic (exact) mass is 290 g/mol. The molecule has 0 heterocycles. The van der Waals surface area contributed by atoms with Crippen LogP contribution in [0.4, 0.5) is 10.1 Å². The number of carbonyl (C=O) groups is 1. The van der Waals surface area contributed by atoms with Crippen molar-refractivity contribution >= 4 is 11.6 Å². The molecular formula is C15H15FN2O3. The lowest BCUT2D eigenvalue weighted by atomic mass is 10.2. The van der Waals surface area contributed by atoms with E-state index in [1.54, 1.807) is 18.2 Å². The Morgan fingerprint density at radius 1 is 1.24 bits per heavy atom. The molecule has 0 saturated heterocycles. The minimum Gasteiger partial charge on any atom is -0.505 e. The summed E-state index contributed by atoms with van der Waals surface area (Å²) in [5.74, 6) is -1.03. The van der Waals surface area contributed by atoms with Crippen molar-refractivity contribution in [2.45, 2.75) is 6.54 Å². The molecule has 0 aliphatic heterocycles. The highest BCUT2D eigenvalue weighted by atomic mass is 19.1. The molecule has 5 nitrogen and oxygen atoms in total. The van der Waals surface area contributed by atoms with Gasteiger partial charge in [-0.3, -0.25) is 4.79 Å². The first kappa shape index (κ1) is 14.6. The van der Waals surface area contributed by atoms with E-state index >= 15 is 0 Å². The Morgan fingerprint density at radius 2 is 1.95 bits per heavy atom. The molecule has 0 bridgehead atoms. The standard InChI is InChI=1S/C15H15FN2O3/c16-13-7-11(3-6-14(13)19)18-8-10-1-4-12(5-2-10)21-9-15(17)20/h1-7,18-19H,8-9H2,(H2,17,20). The number of anilines is 1. The number of carbonyl (C=O) groups excluding carboxylic acids is 1. The first-order valence-corrected chi connectivity index (χ1v) is 6.27. The Kier molecular flexibility index (Phi) is 4.61. The fourth-order valence-electron chi connectivity index (χ4n) is 1.68. The molecule has 1 amide bonds. The maximum atomic E-state index is 13.2. The van der Waals surface area contributed by atoms with Crippen LogP contribution in [0.3, 0.4) is 0 Å². The van der Waals surface area contributed by atoms with Crippen molar-refractivity contribution in [3.63, 3.8) is 0 Å². The highest BCUT2D eigenvalue weighted by Gasteiger charge is 2.02. The SMILES string of the molecule is NC(=O)COc1ccc(CNc2ccc(O)c(F)c2)cc1. The second-order valence-electron chi connectivity index (χ2n) is 4.42. The van der Waals surface area contributed by atoms with Crippen LogP contribution in [0, 0.1) is 5.82 Å². The summed E-state index contributed by atoms with van der Waals surface area (Å²) in [6.45, 7) is 0.324. The molecule has 0 saturated carbocycles. The van der Waals surface area contributed by atoms with Gasteiger partial charge in [-0.25, -0.2) is 4.39 Å². The predicted octanol–water partition coefficient (Wildman–Crippen LogP) is 2.01. The average Bonchev–Trinajstić information content (AvgIpc) is 2.47. The summed E-state index contributed by atoms with van der Waals surface area (Å²) < 4.78 is 18.3. The zero-order valence-corrected chi connectivity index (χ0v) is 11.2. The van der Waals surface area contributed by atoms with Gasteiger partial charge in [-0.15, -0.1) is 0 Å². The molecule has 4 N–H and O–H groups in total. The number of phenols is 1. The predicted molar refractivity (Wildman–Crippen MR) is 76.5 cm³/mol. The number of nitrogens with two attached hydrogens (primary N) is 1. The summed E-state index contributed by atoms with van der Waals surface area (Å²) in [6.07, 6.45) is 0. The Bertz CT molecular complexity index is 629. The molecule has 0 aliphatic rings. The number of ether oxygens (including phenoxy) is 1. The van der Waals surface area contributed by atoms with Gasteiger partial charge in [0, 0.05) is 18.3 Å². The van der Waals surface area contributed by atoms with Gasteiger partial charge in [-0.05, 0) is 29.8 Å². The molecule has 0 aromatic heterocycles. The fourth-order valence-corrected chi connectivity index (χ4v) is 1.68. The minimum atomic E-state index is -0.671. The number of halogens is 1. The molecule has 110 valence electrons. The third kappa shape index (κ3) is 4.38. The Hall–Kier alpha value is -2.76. The molecule has 2 aromatic carbocycles. The molecule has 0 spiro atoms. The first-order chi connectivity index (χ1) is 10.0. The molecule has 0 aliphatic carbocycles. The lowest BCUT2D eigenvalue weighted by Crippen LogP contribution is -2.19. The van der Waals surface area contributed by atoms with Crippen LogP contribution in [-0.2, 0) is 11.3 Å². The quantitative estimate of drug-likeness (QED) is 0.710. The number of hydrogen-bond acceptors (Lipinski definition) is 4. The van der Waals surface area contributed by atoms with Gasteiger partial charge >= 0.3 is 0 Å². The van der Waals surface area contributed by atoms with Crippen molar-refractivity contribution in [3.05, 3.63) is 53.8 Å². The van der Waals surface area contributed by atoms with Gasteiger partial charge in [0.2, 0.25) is 0 Å². The van der Waals surface area contributed by atoms with Gasteiger partial charge < -0.3 is 20.9 Å². The number of hydrogen-bond donors (Lipinski definition) is 3. The topological polar surface area (TPSA) is 84.6 Å². The van der Waals surface area contributed by atoms with Crippen LogP contribution < -0.4 is 15.8 Å². The van der Waals surface area contributed by atoms with Crippen LogP contribution in [0.25, 0.3) is 0 Å². The van der Waals surface area contributed by atoms with Gasteiger partial charge in [0.1, 0.15) is 5.75 Å². The zero-order valence-electron chi connectivity index (χ0n) is 11.2. The van der Waals surface area contributed by atoms with Crippen LogP contribution in [-0.4, -0.2) is 17.6 Å². The first-order valence-electron chi connectivity index (χ1n) is 6.27. The number of rotatable bonds is 6. The highest BCUT2D eigenvalue weighted by Crippen LogP contribution is 2.20. The molecule has 2 rings (SSSR count). The summed E-state index contributed by atoms with van der Waals surface area (Å²) in [5, 5.41) is 12.1. The van der Waals surface area contributed by atoms with E-state index in [0.717, 1.165) is 5.56 Å². The van der Waals surface area contributed by atoms with Gasteiger partial charge in [-0.1, -0.05) is 12.1 Å².